The molecule has 0 aliphatic heterocycles. The number of carbonyl (C=O) groups is 2. The second-order valence-electron chi connectivity index (χ2n) is 17.8. The molecule has 2 radical (unpaired) electrons. The SMILES string of the molecule is COC(=O)C(=[C]P(c1ccccc1)c1ccccc1)c1ccccc1CP(c1ccccc1)c1ccccc1.COC(=O)C(=[C]P(c1ccccc1)c1ccccc1)c1ccccc1CP(c1ccccc1)c1ccccc1.[Br-].[Br-].[Ni+2].[Ni+2]. The molecule has 0 spiro atoms. The van der Waals surface area contributed by atoms with Gasteiger partial charge in [0, 0.05) is 24.0 Å². The Labute approximate surface area is 530 Å². The summed E-state index contributed by atoms with van der Waals surface area (Å²) < 4.78 is 10.7. The molecule has 4 nitrogen and oxygen atoms in total. The van der Waals surface area contributed by atoms with Gasteiger partial charge in [0.2, 0.25) is 0 Å². The zero-order chi connectivity index (χ0) is 53.7. The van der Waals surface area contributed by atoms with E-state index in [1.807, 2.05) is 97.1 Å². The molecule has 10 aromatic carbocycles. The third kappa shape index (κ3) is 18.1. The van der Waals surface area contributed by atoms with Crippen LogP contribution in [0.1, 0.15) is 22.3 Å². The zero-order valence-electron chi connectivity index (χ0n) is 44.9. The molecule has 0 amide bonds. The van der Waals surface area contributed by atoms with Crippen molar-refractivity contribution in [2.75, 3.05) is 14.2 Å². The van der Waals surface area contributed by atoms with Gasteiger partial charge in [0.05, 0.1) is 25.4 Å². The van der Waals surface area contributed by atoms with Crippen LogP contribution in [0.3, 0.4) is 0 Å². The molecule has 82 heavy (non-hydrogen) atoms. The van der Waals surface area contributed by atoms with Crippen molar-refractivity contribution in [1.29, 1.82) is 0 Å². The second-order valence-corrected chi connectivity index (χ2v) is 26.1. The van der Waals surface area contributed by atoms with Crippen LogP contribution in [0.5, 0.6) is 0 Å². The molecular formula is C70H58Br2Ni2O4P4+2. The molecule has 0 bridgehead atoms. The van der Waals surface area contributed by atoms with E-state index in [0.717, 1.165) is 55.8 Å². The van der Waals surface area contributed by atoms with Crippen LogP contribution in [0.2, 0.25) is 0 Å². The molecule has 12 heteroatoms. The van der Waals surface area contributed by atoms with Crippen LogP contribution in [0.25, 0.3) is 11.1 Å². The molecular weight excluding hydrogens is 1310 g/mol. The number of rotatable bonds is 18. The first kappa shape index (κ1) is 67.1. The van der Waals surface area contributed by atoms with E-state index in [0.29, 0.717) is 11.1 Å². The van der Waals surface area contributed by atoms with Crippen molar-refractivity contribution < 1.29 is 86.0 Å². The summed E-state index contributed by atoms with van der Waals surface area (Å²) in [5, 5.41) is 9.74. The summed E-state index contributed by atoms with van der Waals surface area (Å²) in [6.07, 6.45) is 1.60. The Bertz CT molecular complexity index is 3140. The van der Waals surface area contributed by atoms with Crippen LogP contribution < -0.4 is 76.4 Å². The summed E-state index contributed by atoms with van der Waals surface area (Å²) in [6, 6.07) is 100. The van der Waals surface area contributed by atoms with Crippen molar-refractivity contribution in [1.82, 2.24) is 0 Å². The van der Waals surface area contributed by atoms with Gasteiger partial charge in [0.25, 0.3) is 0 Å². The monoisotopic (exact) mass is 1360 g/mol. The van der Waals surface area contributed by atoms with Crippen LogP contribution in [-0.4, -0.2) is 26.2 Å². The standard InChI is InChI=1S/2C35H29O2P2.2BrH.2Ni/c2*1-37-35(36)34(27-39(31-21-10-4-11-22-31)32-23-12-5-13-24-32)33-25-15-14-16-28(33)26-38(29-17-6-2-7-18-29)30-19-8-3-9-20-30;;;;/h2*2-25H,26H2,1H3;2*1H;;/q;;;;2*+2/p-2. The van der Waals surface area contributed by atoms with Gasteiger partial charge in [0.1, 0.15) is 0 Å². The number of hydrogen-bond acceptors (Lipinski definition) is 4. The number of ether oxygens (including phenoxy) is 2. The van der Waals surface area contributed by atoms with Crippen molar-refractivity contribution in [3.05, 3.63) is 325 Å². The van der Waals surface area contributed by atoms with Gasteiger partial charge in [-0.2, -0.15) is 0 Å². The molecule has 10 rings (SSSR count). The van der Waals surface area contributed by atoms with E-state index in [1.165, 1.54) is 35.4 Å². The van der Waals surface area contributed by atoms with Crippen LogP contribution in [0, 0.1) is 11.6 Å². The van der Waals surface area contributed by atoms with E-state index in [4.69, 9.17) is 9.47 Å². The summed E-state index contributed by atoms with van der Waals surface area (Å²) in [5.74, 6) is 6.58. The van der Waals surface area contributed by atoms with Gasteiger partial charge in [-0.25, -0.2) is 9.59 Å². The summed E-state index contributed by atoms with van der Waals surface area (Å²) in [5.41, 5.74) is 4.96. The minimum absolute atomic E-state index is 0. The predicted octanol–water partition coefficient (Wildman–Crippen LogP) is 7.54. The van der Waals surface area contributed by atoms with Crippen molar-refractivity contribution in [2.24, 2.45) is 0 Å². The largest absolute Gasteiger partial charge is 2.00 e. The summed E-state index contributed by atoms with van der Waals surface area (Å²) in [7, 11) is -0.595. The number of hydrogen-bond donors (Lipinski definition) is 0. The maximum Gasteiger partial charge on any atom is 2.00 e. The Balaban J connectivity index is 0.000000287. The van der Waals surface area contributed by atoms with E-state index in [2.05, 4.69) is 206 Å². The van der Waals surface area contributed by atoms with Crippen LogP contribution in [0.15, 0.2) is 291 Å². The normalized spacial score (nSPS) is 11.0. The number of benzene rings is 10. The van der Waals surface area contributed by atoms with Crippen molar-refractivity contribution in [3.8, 4) is 0 Å². The van der Waals surface area contributed by atoms with Crippen molar-refractivity contribution in [3.63, 3.8) is 0 Å². The van der Waals surface area contributed by atoms with Gasteiger partial charge >= 0.3 is 44.9 Å². The molecule has 0 heterocycles. The number of esters is 2. The Morgan fingerprint density at radius 2 is 0.500 bits per heavy atom. The molecule has 0 aliphatic carbocycles. The van der Waals surface area contributed by atoms with Crippen LogP contribution >= 0.6 is 31.7 Å². The van der Waals surface area contributed by atoms with Gasteiger partial charge in [-0.3, -0.25) is 0 Å². The smallest absolute Gasteiger partial charge is 1.00 e. The van der Waals surface area contributed by atoms with E-state index in [1.54, 1.807) is 0 Å². The fraction of sp³-hybridized carbons (Fsp3) is 0.0571. The molecule has 10 aromatic rings. The topological polar surface area (TPSA) is 52.6 Å². The van der Waals surface area contributed by atoms with Gasteiger partial charge in [-0.1, -0.05) is 291 Å². The molecule has 0 aromatic heterocycles. The molecule has 0 saturated heterocycles. The van der Waals surface area contributed by atoms with Gasteiger partial charge in [0.15, 0.2) is 0 Å². The summed E-state index contributed by atoms with van der Waals surface area (Å²) in [6.45, 7) is 0. The van der Waals surface area contributed by atoms with E-state index in [-0.39, 0.29) is 78.9 Å². The molecule has 0 atom stereocenters. The maximum atomic E-state index is 13.4. The third-order valence-corrected chi connectivity index (χ3v) is 21.9. The molecule has 0 fully saturated rings. The Morgan fingerprint density at radius 1 is 0.305 bits per heavy atom. The average molecular weight is 1360 g/mol. The minimum atomic E-state index is -1.05. The molecule has 414 valence electrons. The zero-order valence-corrected chi connectivity index (χ0v) is 53.7. The Morgan fingerprint density at radius 3 is 0.720 bits per heavy atom. The third-order valence-electron chi connectivity index (χ3n) is 12.8. The fourth-order valence-corrected chi connectivity index (χ4v) is 17.5. The first-order chi connectivity index (χ1) is 38.5. The van der Waals surface area contributed by atoms with Crippen LogP contribution in [-0.2, 0) is 64.4 Å². The Hall–Kier alpha value is -5.71. The molecule has 0 N–H and O–H groups in total. The second kappa shape index (κ2) is 35.4. The summed E-state index contributed by atoms with van der Waals surface area (Å²) in [4.78, 5) is 26.8. The van der Waals surface area contributed by atoms with Crippen molar-refractivity contribution >= 4 is 97.2 Å². The molecule has 0 aliphatic rings. The number of halogens is 2. The van der Waals surface area contributed by atoms with Gasteiger partial charge < -0.3 is 43.4 Å². The quantitative estimate of drug-likeness (QED) is 0.0386. The van der Waals surface area contributed by atoms with E-state index < -0.39 is 31.7 Å². The van der Waals surface area contributed by atoms with Gasteiger partial charge in [-0.15, -0.1) is 0 Å². The average Bonchev–Trinajstić information content (AvgIpc) is 3.57. The van der Waals surface area contributed by atoms with E-state index >= 15 is 0 Å². The Kier molecular flexibility index (Phi) is 29.0. The van der Waals surface area contributed by atoms with Crippen molar-refractivity contribution in [2.45, 2.75) is 12.3 Å². The van der Waals surface area contributed by atoms with Gasteiger partial charge in [-0.05, 0) is 96.4 Å². The number of methoxy groups -OCH3 is 2. The summed E-state index contributed by atoms with van der Waals surface area (Å²) >= 11 is 0. The maximum absolute atomic E-state index is 13.4. The van der Waals surface area contributed by atoms with Crippen LogP contribution in [0.4, 0.5) is 0 Å². The first-order valence-corrected chi connectivity index (χ1v) is 31.4. The minimum Gasteiger partial charge on any atom is -1.00 e. The number of carbonyl (C=O) groups excluding carboxylic acids is 2. The van der Waals surface area contributed by atoms with E-state index in [9.17, 15) is 9.59 Å². The molecule has 0 unspecified atom stereocenters. The first-order valence-electron chi connectivity index (χ1n) is 25.6. The molecule has 0 saturated carbocycles. The fourth-order valence-electron chi connectivity index (χ4n) is 8.96. The predicted molar refractivity (Wildman–Crippen MR) is 334 cm³/mol.